The molecular weight excluding hydrogens is 615 g/mol. The van der Waals surface area contributed by atoms with Crippen LogP contribution in [0, 0.1) is 0 Å². The van der Waals surface area contributed by atoms with Crippen LogP contribution in [0.25, 0.3) is 100 Å². The Bertz CT molecular complexity index is 2870. The minimum Gasteiger partial charge on any atom is -0.455 e. The molecule has 50 heavy (non-hydrogen) atoms. The molecule has 0 N–H and O–H groups in total. The fourth-order valence-electron chi connectivity index (χ4n) is 7.07. The maximum absolute atomic E-state index is 6.73. The van der Waals surface area contributed by atoms with Crippen molar-refractivity contribution in [1.82, 2.24) is 15.0 Å². The monoisotopic (exact) mass is 641 g/mol. The van der Waals surface area contributed by atoms with Crippen LogP contribution < -0.4 is 0 Å². The molecule has 0 fully saturated rings. The van der Waals surface area contributed by atoms with Gasteiger partial charge in [0.25, 0.3) is 0 Å². The van der Waals surface area contributed by atoms with E-state index in [1.165, 1.54) is 0 Å². The minimum absolute atomic E-state index is 0.648. The van der Waals surface area contributed by atoms with Gasteiger partial charge in [-0.15, -0.1) is 0 Å². The van der Waals surface area contributed by atoms with E-state index in [1.807, 2.05) is 73.1 Å². The Balaban J connectivity index is 1.23. The van der Waals surface area contributed by atoms with Gasteiger partial charge in [-0.2, -0.15) is 0 Å². The number of furan rings is 2. The van der Waals surface area contributed by atoms with E-state index in [-0.39, 0.29) is 0 Å². The van der Waals surface area contributed by atoms with Crippen molar-refractivity contribution in [3.63, 3.8) is 0 Å². The van der Waals surface area contributed by atoms with Crippen molar-refractivity contribution < 1.29 is 8.83 Å². The van der Waals surface area contributed by atoms with Crippen LogP contribution >= 0.6 is 0 Å². The lowest BCUT2D eigenvalue weighted by molar-refractivity contribution is 0.665. The van der Waals surface area contributed by atoms with Crippen molar-refractivity contribution in [2.75, 3.05) is 0 Å². The molecule has 0 aliphatic heterocycles. The van der Waals surface area contributed by atoms with Gasteiger partial charge in [-0.1, -0.05) is 109 Å². The van der Waals surface area contributed by atoms with Gasteiger partial charge in [-0.05, 0) is 53.6 Å². The summed E-state index contributed by atoms with van der Waals surface area (Å²) in [6.07, 6.45) is 3.62. The first kappa shape index (κ1) is 28.2. The van der Waals surface area contributed by atoms with Crippen molar-refractivity contribution in [1.29, 1.82) is 0 Å². The Kier molecular flexibility index (Phi) is 6.42. The zero-order valence-electron chi connectivity index (χ0n) is 26.7. The Morgan fingerprint density at radius 2 is 1.00 bits per heavy atom. The van der Waals surface area contributed by atoms with E-state index < -0.39 is 0 Å². The summed E-state index contributed by atoms with van der Waals surface area (Å²) in [6.45, 7) is 0. The number of nitrogens with zero attached hydrogens (tertiary/aromatic N) is 3. The van der Waals surface area contributed by atoms with Crippen molar-refractivity contribution >= 4 is 43.9 Å². The van der Waals surface area contributed by atoms with E-state index in [2.05, 4.69) is 96.0 Å². The first-order valence-corrected chi connectivity index (χ1v) is 16.6. The zero-order valence-corrected chi connectivity index (χ0v) is 26.7. The van der Waals surface area contributed by atoms with Gasteiger partial charge in [0.2, 0.25) is 0 Å². The Labute approximate surface area is 287 Å². The summed E-state index contributed by atoms with van der Waals surface area (Å²) in [5.41, 5.74) is 12.0. The van der Waals surface area contributed by atoms with Crippen LogP contribution in [0.15, 0.2) is 173 Å². The van der Waals surface area contributed by atoms with E-state index in [9.17, 15) is 0 Å². The maximum Gasteiger partial charge on any atom is 0.160 e. The second-order valence-electron chi connectivity index (χ2n) is 12.4. The lowest BCUT2D eigenvalue weighted by atomic mass is 9.95. The van der Waals surface area contributed by atoms with Gasteiger partial charge >= 0.3 is 0 Å². The lowest BCUT2D eigenvalue weighted by Crippen LogP contribution is -1.97. The second kappa shape index (κ2) is 11.4. The number of rotatable bonds is 5. The van der Waals surface area contributed by atoms with Crippen LogP contribution in [-0.2, 0) is 0 Å². The third-order valence-corrected chi connectivity index (χ3v) is 9.43. The molecule has 5 nitrogen and oxygen atoms in total. The minimum atomic E-state index is 0.648. The van der Waals surface area contributed by atoms with Crippen molar-refractivity contribution in [2.24, 2.45) is 0 Å². The predicted molar refractivity (Wildman–Crippen MR) is 202 cm³/mol. The van der Waals surface area contributed by atoms with Crippen molar-refractivity contribution in [3.05, 3.63) is 164 Å². The van der Waals surface area contributed by atoms with Crippen molar-refractivity contribution in [3.8, 4) is 56.2 Å². The van der Waals surface area contributed by atoms with Crippen LogP contribution in [0.1, 0.15) is 0 Å². The van der Waals surface area contributed by atoms with Gasteiger partial charge in [-0.25, -0.2) is 9.97 Å². The number of para-hydroxylation sites is 3. The molecule has 234 valence electrons. The summed E-state index contributed by atoms with van der Waals surface area (Å²) in [4.78, 5) is 14.6. The topological polar surface area (TPSA) is 65.0 Å². The number of aromatic nitrogens is 3. The van der Waals surface area contributed by atoms with Crippen LogP contribution in [0.3, 0.4) is 0 Å². The zero-order chi connectivity index (χ0) is 33.0. The fourth-order valence-corrected chi connectivity index (χ4v) is 7.07. The first-order chi connectivity index (χ1) is 24.8. The van der Waals surface area contributed by atoms with Crippen molar-refractivity contribution in [2.45, 2.75) is 0 Å². The summed E-state index contributed by atoms with van der Waals surface area (Å²) in [5.74, 6) is 0.648. The molecule has 5 heteroatoms. The predicted octanol–water partition coefficient (Wildman–Crippen LogP) is 12.0. The summed E-state index contributed by atoms with van der Waals surface area (Å²) in [6, 6.07) is 51.7. The van der Waals surface area contributed by atoms with Gasteiger partial charge in [-0.3, -0.25) is 4.98 Å². The second-order valence-corrected chi connectivity index (χ2v) is 12.4. The molecule has 4 aromatic heterocycles. The molecule has 10 aromatic rings. The summed E-state index contributed by atoms with van der Waals surface area (Å²) in [5, 5.41) is 4.20. The van der Waals surface area contributed by atoms with E-state index in [1.54, 1.807) is 0 Å². The van der Waals surface area contributed by atoms with Gasteiger partial charge in [0.1, 0.15) is 22.3 Å². The molecule has 0 aliphatic carbocycles. The smallest absolute Gasteiger partial charge is 0.160 e. The number of pyridine rings is 1. The van der Waals surface area contributed by atoms with Crippen LogP contribution in [0.5, 0.6) is 0 Å². The van der Waals surface area contributed by atoms with E-state index in [0.29, 0.717) is 5.82 Å². The van der Waals surface area contributed by atoms with Gasteiger partial charge in [0, 0.05) is 61.8 Å². The molecule has 0 radical (unpaired) electrons. The summed E-state index contributed by atoms with van der Waals surface area (Å²) < 4.78 is 13.2. The average Bonchev–Trinajstić information content (AvgIpc) is 3.78. The normalized spacial score (nSPS) is 11.6. The highest BCUT2D eigenvalue weighted by molar-refractivity contribution is 6.18. The third kappa shape index (κ3) is 4.60. The van der Waals surface area contributed by atoms with Crippen LogP contribution in [0.4, 0.5) is 0 Å². The van der Waals surface area contributed by atoms with E-state index >= 15 is 0 Å². The standard InChI is InChI=1S/C45H27N3O2/c1-2-10-29(11-3-1)38-27-39(48-45(47-38)31-13-8-12-30(26-31)28-22-24-46-25-23-28)36-21-20-35(44-42(36)37-15-5-7-19-41(37)50-44)34-17-9-16-33-32-14-4-6-18-40(32)49-43(33)34/h1-27H. The first-order valence-electron chi connectivity index (χ1n) is 16.6. The Morgan fingerprint density at radius 3 is 1.86 bits per heavy atom. The molecule has 6 aromatic carbocycles. The highest BCUT2D eigenvalue weighted by atomic mass is 16.3. The lowest BCUT2D eigenvalue weighted by Gasteiger charge is -2.12. The largest absolute Gasteiger partial charge is 0.455 e. The number of benzene rings is 6. The summed E-state index contributed by atoms with van der Waals surface area (Å²) in [7, 11) is 0. The van der Waals surface area contributed by atoms with E-state index in [4.69, 9.17) is 18.8 Å². The molecule has 4 heterocycles. The highest BCUT2D eigenvalue weighted by Gasteiger charge is 2.22. The average molecular weight is 642 g/mol. The van der Waals surface area contributed by atoms with Gasteiger partial charge in [0.05, 0.1) is 11.4 Å². The third-order valence-electron chi connectivity index (χ3n) is 9.43. The SMILES string of the molecule is c1ccc(-c2cc(-c3ccc(-c4cccc5c4oc4ccccc45)c4oc5ccccc5c34)nc(-c3cccc(-c4ccncc4)c3)n2)cc1. The molecule has 0 aliphatic rings. The number of fused-ring (bicyclic) bond motifs is 6. The maximum atomic E-state index is 6.73. The number of hydrogen-bond donors (Lipinski definition) is 0. The molecule has 0 unspecified atom stereocenters. The quantitative estimate of drug-likeness (QED) is 0.187. The molecule has 0 atom stereocenters. The van der Waals surface area contributed by atoms with Gasteiger partial charge in [0.15, 0.2) is 5.82 Å². The van der Waals surface area contributed by atoms with Gasteiger partial charge < -0.3 is 8.83 Å². The highest BCUT2D eigenvalue weighted by Crippen LogP contribution is 2.44. The molecule has 0 saturated carbocycles. The number of hydrogen-bond acceptors (Lipinski definition) is 5. The molecule has 0 amide bonds. The summed E-state index contributed by atoms with van der Waals surface area (Å²) >= 11 is 0. The van der Waals surface area contributed by atoms with Crippen LogP contribution in [0.2, 0.25) is 0 Å². The molecule has 0 bridgehead atoms. The molecule has 0 spiro atoms. The Morgan fingerprint density at radius 1 is 0.380 bits per heavy atom. The van der Waals surface area contributed by atoms with E-state index in [0.717, 1.165) is 94.2 Å². The van der Waals surface area contributed by atoms with Crippen LogP contribution in [-0.4, -0.2) is 15.0 Å². The molecule has 10 rings (SSSR count). The Hall–Kier alpha value is -6.85. The molecular formula is C45H27N3O2. The molecule has 0 saturated heterocycles. The fraction of sp³-hybridized carbons (Fsp3) is 0.